The van der Waals surface area contributed by atoms with Crippen LogP contribution in [-0.2, 0) is 28.7 Å². The van der Waals surface area contributed by atoms with Crippen LogP contribution in [0, 0.1) is 41.4 Å². The van der Waals surface area contributed by atoms with Crippen LogP contribution in [0.2, 0.25) is 0 Å². The molecule has 6 rings (SSSR count). The lowest BCUT2D eigenvalue weighted by Crippen LogP contribution is -2.61. The summed E-state index contributed by atoms with van der Waals surface area (Å²) in [4.78, 5) is 64.1. The molecule has 358 valence electrons. The summed E-state index contributed by atoms with van der Waals surface area (Å²) in [6, 6.07) is 17.2. The molecule has 1 heterocycles. The third kappa shape index (κ3) is 16.7. The van der Waals surface area contributed by atoms with Gasteiger partial charge in [-0.2, -0.15) is 0 Å². The molecule has 14 heteroatoms. The molecule has 2 fully saturated rings. The minimum Gasteiger partial charge on any atom is -0.481 e. The summed E-state index contributed by atoms with van der Waals surface area (Å²) in [5.74, 6) is -2.20. The Morgan fingerprint density at radius 1 is 1.00 bits per heavy atom. The molecule has 1 saturated carbocycles. The maximum absolute atomic E-state index is 13.6. The normalized spacial score (nSPS) is 26.6. The first-order valence-electron chi connectivity index (χ1n) is 21.2. The number of fused-ring (bicyclic) bond motifs is 5. The summed E-state index contributed by atoms with van der Waals surface area (Å²) in [6.45, 7) is 22.5. The van der Waals surface area contributed by atoms with E-state index in [2.05, 4.69) is 36.6 Å². The predicted molar refractivity (Wildman–Crippen MR) is 252 cm³/mol. The Bertz CT molecular complexity index is 1900. The van der Waals surface area contributed by atoms with Crippen molar-refractivity contribution in [2.45, 2.75) is 117 Å². The average molecular weight is 905 g/mol. The first kappa shape index (κ1) is 59.3. The fourth-order valence-electron chi connectivity index (χ4n) is 8.51. The number of aliphatic hydroxyl groups is 2. The van der Waals surface area contributed by atoms with Crippen LogP contribution < -0.4 is 10.6 Å². The van der Waals surface area contributed by atoms with Gasteiger partial charge in [0.05, 0.1) is 42.3 Å². The molecule has 3 unspecified atom stereocenters. The van der Waals surface area contributed by atoms with E-state index in [0.717, 1.165) is 36.2 Å². The van der Waals surface area contributed by atoms with Crippen LogP contribution in [0.5, 0.6) is 0 Å². The van der Waals surface area contributed by atoms with E-state index in [1.54, 1.807) is 31.4 Å². The molecule has 4 aliphatic rings. The number of Topliss-reactive ketones (excluding diaryl/α,β-unsaturated/α-hetero) is 1. The van der Waals surface area contributed by atoms with Crippen LogP contribution in [-0.4, -0.2) is 99.9 Å². The van der Waals surface area contributed by atoms with E-state index in [0.29, 0.717) is 19.4 Å². The van der Waals surface area contributed by atoms with Crippen molar-refractivity contribution < 1.29 is 58.7 Å². The van der Waals surface area contributed by atoms with Gasteiger partial charge in [0.2, 0.25) is 0 Å². The van der Waals surface area contributed by atoms with Gasteiger partial charge in [-0.05, 0) is 65.9 Å². The number of nitrogens with one attached hydrogen (secondary N) is 2. The second kappa shape index (κ2) is 27.6. The number of ether oxygens (including phenoxy) is 2. The van der Waals surface area contributed by atoms with Crippen molar-refractivity contribution in [2.75, 3.05) is 13.7 Å². The summed E-state index contributed by atoms with van der Waals surface area (Å²) in [7, 11) is 1.64. The first-order valence-corrected chi connectivity index (χ1v) is 21.2. The highest BCUT2D eigenvalue weighted by Crippen LogP contribution is 2.58. The van der Waals surface area contributed by atoms with Crippen molar-refractivity contribution in [3.8, 4) is 12.8 Å². The highest BCUT2D eigenvalue weighted by Gasteiger charge is 2.63. The van der Waals surface area contributed by atoms with E-state index in [4.69, 9.17) is 29.3 Å². The highest BCUT2D eigenvalue weighted by atomic mass is 16.5. The second-order valence-electron chi connectivity index (χ2n) is 17.4. The van der Waals surface area contributed by atoms with Crippen molar-refractivity contribution in [2.24, 2.45) is 28.6 Å². The maximum atomic E-state index is 13.6. The average Bonchev–Trinajstić information content (AvgIpc) is 3.24. The SMILES string of the molecule is C#C.C=C.CC(=O)O.CC(C)(C)NC(=O)N[C@H](CC(=O)O)c1ccccc1.CC=O.CO[C@H]1CC2C3CO[C@@H]3C=C[C@@]2(C)C(=O)[C@H](O)C2C(C)=CC[C@]1(O)C2(C)C.O=Cc1ccccc1. The Morgan fingerprint density at radius 2 is 1.51 bits per heavy atom. The lowest BCUT2D eigenvalue weighted by atomic mass is 9.56. The smallest absolute Gasteiger partial charge is 0.315 e. The molecule has 0 radical (unpaired) electrons. The highest BCUT2D eigenvalue weighted by molar-refractivity contribution is 5.91. The topological polar surface area (TPSA) is 226 Å². The van der Waals surface area contributed by atoms with Gasteiger partial charge in [-0.1, -0.05) is 98.3 Å². The van der Waals surface area contributed by atoms with Crippen LogP contribution >= 0.6 is 0 Å². The van der Waals surface area contributed by atoms with E-state index in [-0.39, 0.29) is 41.7 Å². The Hall–Kier alpha value is -5.72. The van der Waals surface area contributed by atoms with Gasteiger partial charge in [-0.3, -0.25) is 19.2 Å². The number of hydrogen-bond acceptors (Lipinski definition) is 10. The maximum Gasteiger partial charge on any atom is 0.315 e. The van der Waals surface area contributed by atoms with E-state index in [1.807, 2.05) is 103 Å². The van der Waals surface area contributed by atoms with Gasteiger partial charge >= 0.3 is 12.0 Å². The quantitative estimate of drug-likeness (QED) is 0.0947. The predicted octanol–water partition coefficient (Wildman–Crippen LogP) is 7.41. The standard InChI is InChI=1S/C22H32O5.C14H20N2O3.C7H6O.C2H4O2.C2H4O.C2H4.C2H2/c1-12-6-9-22(25)16(26-5)10-14-13-11-27-15(13)7-8-21(14,4)19(24)18(23)17(12)20(22,2)3;1-14(2,3)16-13(19)15-11(9-12(17)18)10-7-5-4-6-8-10;8-6-7-4-2-1-3-5-7;1-2(3)4;1-2-3;2*1-2/h6-8,13-18,23,25H,9-11H2,1-5H3;4-8,11H,9H2,1-3H3,(H,17,18)(H2,15,16,19);1-6H;1H3,(H,3,4);2H,1H3;1-2H2;1-2H/t13?,14?,15-,16+,17?,18-,21-,22-;11-;;;;;/m11...../s1. The molecule has 2 bridgehead atoms. The third-order valence-electron chi connectivity index (χ3n) is 11.7. The van der Waals surface area contributed by atoms with Crippen molar-refractivity contribution in [1.29, 1.82) is 0 Å². The number of carboxylic acids is 2. The Kier molecular flexibility index (Phi) is 25.1. The van der Waals surface area contributed by atoms with Crippen LogP contribution in [0.4, 0.5) is 4.79 Å². The number of aliphatic carboxylic acids is 2. The van der Waals surface area contributed by atoms with Crippen molar-refractivity contribution in [1.82, 2.24) is 10.6 Å². The number of rotatable bonds is 6. The molecule has 3 aliphatic carbocycles. The molecule has 14 nitrogen and oxygen atoms in total. The molecule has 2 aromatic rings. The van der Waals surface area contributed by atoms with Gasteiger partial charge in [0, 0.05) is 42.4 Å². The molecule has 0 spiro atoms. The number of urea groups is 1. The van der Waals surface area contributed by atoms with Crippen LogP contribution in [0.25, 0.3) is 0 Å². The monoisotopic (exact) mass is 905 g/mol. The second-order valence-corrected chi connectivity index (χ2v) is 17.4. The van der Waals surface area contributed by atoms with E-state index in [9.17, 15) is 29.4 Å². The number of carbonyl (C=O) groups excluding carboxylic acids is 4. The summed E-state index contributed by atoms with van der Waals surface area (Å²) in [6.07, 6.45) is 14.8. The number of methoxy groups -OCH3 is 1. The zero-order chi connectivity index (χ0) is 50.3. The number of terminal acetylenes is 1. The van der Waals surface area contributed by atoms with Crippen molar-refractivity contribution >= 4 is 36.3 Å². The number of aldehydes is 2. The number of hydrogen-bond donors (Lipinski definition) is 6. The van der Waals surface area contributed by atoms with Gasteiger partial charge in [-0.25, -0.2) is 4.79 Å². The molecular formula is C51H72N2O12. The fraction of sp³-hybridized carbons (Fsp3) is 0.490. The van der Waals surface area contributed by atoms with Gasteiger partial charge in [0.25, 0.3) is 5.97 Å². The summed E-state index contributed by atoms with van der Waals surface area (Å²) < 4.78 is 11.5. The van der Waals surface area contributed by atoms with Crippen LogP contribution in [0.15, 0.2) is 97.6 Å². The van der Waals surface area contributed by atoms with Gasteiger partial charge in [0.15, 0.2) is 5.78 Å². The summed E-state index contributed by atoms with van der Waals surface area (Å²) >= 11 is 0. The minimum absolute atomic E-state index is 0.0215. The minimum atomic E-state index is -1.16. The van der Waals surface area contributed by atoms with Crippen molar-refractivity contribution in [3.63, 3.8) is 0 Å². The molecule has 2 aromatic carbocycles. The molecular weight excluding hydrogens is 833 g/mol. The van der Waals surface area contributed by atoms with Gasteiger partial charge in [-0.15, -0.1) is 26.0 Å². The number of benzene rings is 2. The summed E-state index contributed by atoms with van der Waals surface area (Å²) in [5, 5.41) is 44.9. The number of carboxylic acid groups (broad SMARTS) is 2. The third-order valence-corrected chi connectivity index (χ3v) is 11.7. The fourth-order valence-corrected chi connectivity index (χ4v) is 8.51. The number of carbonyl (C=O) groups is 6. The van der Waals surface area contributed by atoms with E-state index in [1.165, 1.54) is 6.92 Å². The van der Waals surface area contributed by atoms with Gasteiger partial charge in [0.1, 0.15) is 18.7 Å². The van der Waals surface area contributed by atoms with Crippen LogP contribution in [0.3, 0.4) is 0 Å². The number of allylic oxidation sites excluding steroid dienone is 1. The lowest BCUT2D eigenvalue weighted by Gasteiger charge is -2.54. The molecule has 1 aliphatic heterocycles. The molecule has 6 N–H and O–H groups in total. The van der Waals surface area contributed by atoms with Crippen molar-refractivity contribution in [3.05, 3.63) is 109 Å². The molecule has 65 heavy (non-hydrogen) atoms. The number of ketones is 1. The largest absolute Gasteiger partial charge is 0.481 e. The van der Waals surface area contributed by atoms with Crippen LogP contribution in [0.1, 0.15) is 104 Å². The van der Waals surface area contributed by atoms with E-state index < -0.39 is 52.5 Å². The zero-order valence-electron chi connectivity index (χ0n) is 39.7. The molecule has 1 saturated heterocycles. The van der Waals surface area contributed by atoms with E-state index >= 15 is 0 Å². The molecule has 0 aromatic heterocycles. The molecule has 9 atom stereocenters. The number of aliphatic hydroxyl groups excluding tert-OH is 1. The number of amides is 2. The first-order chi connectivity index (χ1) is 30.4. The zero-order valence-corrected chi connectivity index (χ0v) is 39.7. The Morgan fingerprint density at radius 3 is 1.92 bits per heavy atom. The lowest BCUT2D eigenvalue weighted by molar-refractivity contribution is -0.196. The Labute approximate surface area is 385 Å². The summed E-state index contributed by atoms with van der Waals surface area (Å²) in [5.41, 5.74) is -0.543. The van der Waals surface area contributed by atoms with Gasteiger partial charge < -0.3 is 45.3 Å². The molecule has 2 amide bonds. The Balaban J connectivity index is 0.000000932.